The van der Waals surface area contributed by atoms with Crippen LogP contribution in [0.25, 0.3) is 0 Å². The largest absolute Gasteiger partial charge is 0.395 e. The number of hydrogen-bond donors (Lipinski definition) is 2. The molecule has 0 aromatic carbocycles. The minimum absolute atomic E-state index is 0.321. The lowest BCUT2D eigenvalue weighted by Crippen LogP contribution is -2.45. The van der Waals surface area contributed by atoms with Crippen molar-refractivity contribution in [3.8, 4) is 0 Å². The lowest BCUT2D eigenvalue weighted by atomic mass is 9.97. The number of thioether (sulfide) groups is 1. The van der Waals surface area contributed by atoms with Crippen molar-refractivity contribution in [2.24, 2.45) is 5.92 Å². The summed E-state index contributed by atoms with van der Waals surface area (Å²) in [6.07, 6.45) is 9.47. The third-order valence-corrected chi connectivity index (χ3v) is 5.22. The summed E-state index contributed by atoms with van der Waals surface area (Å²) < 4.78 is 0. The molecule has 2 fully saturated rings. The van der Waals surface area contributed by atoms with Crippen molar-refractivity contribution in [2.75, 3.05) is 18.1 Å². The fourth-order valence-corrected chi connectivity index (χ4v) is 4.29. The van der Waals surface area contributed by atoms with Gasteiger partial charge in [-0.05, 0) is 36.7 Å². The van der Waals surface area contributed by atoms with Gasteiger partial charge in [0.05, 0.1) is 6.61 Å². The van der Waals surface area contributed by atoms with Crippen LogP contribution in [0.2, 0.25) is 0 Å². The first-order valence-corrected chi connectivity index (χ1v) is 8.00. The van der Waals surface area contributed by atoms with Crippen molar-refractivity contribution in [3.05, 3.63) is 0 Å². The maximum Gasteiger partial charge on any atom is 0.0587 e. The van der Waals surface area contributed by atoms with Gasteiger partial charge in [-0.15, -0.1) is 0 Å². The highest BCUT2D eigenvalue weighted by atomic mass is 32.2. The molecule has 2 aliphatic rings. The Morgan fingerprint density at radius 1 is 1.12 bits per heavy atom. The minimum atomic E-state index is 0.321. The molecule has 0 spiro atoms. The first-order chi connectivity index (χ1) is 7.90. The van der Waals surface area contributed by atoms with Crippen molar-refractivity contribution in [1.82, 2.24) is 5.32 Å². The zero-order valence-electron chi connectivity index (χ0n) is 10.2. The number of hydrogen-bond acceptors (Lipinski definition) is 3. The average Bonchev–Trinajstić information content (AvgIpc) is 2.71. The zero-order valence-corrected chi connectivity index (χ0v) is 11.0. The molecule has 0 amide bonds. The first-order valence-electron chi connectivity index (χ1n) is 6.85. The molecule has 2 nitrogen and oxygen atoms in total. The summed E-state index contributed by atoms with van der Waals surface area (Å²) in [5.41, 5.74) is 0. The second-order valence-electron chi connectivity index (χ2n) is 5.27. The molecule has 2 N–H and O–H groups in total. The average molecular weight is 243 g/mol. The van der Waals surface area contributed by atoms with E-state index in [9.17, 15) is 5.11 Å². The molecule has 1 aliphatic carbocycles. The van der Waals surface area contributed by atoms with E-state index in [0.717, 1.165) is 0 Å². The van der Waals surface area contributed by atoms with Gasteiger partial charge < -0.3 is 10.4 Å². The Labute approximate surface area is 104 Å². The Hall–Kier alpha value is 0.270. The Bertz CT molecular complexity index is 186. The Balaban J connectivity index is 1.79. The highest BCUT2D eigenvalue weighted by Gasteiger charge is 2.26. The maximum atomic E-state index is 9.52. The summed E-state index contributed by atoms with van der Waals surface area (Å²) in [5, 5.41) is 13.2. The van der Waals surface area contributed by atoms with E-state index in [0.29, 0.717) is 24.6 Å². The summed E-state index contributed by atoms with van der Waals surface area (Å²) in [4.78, 5) is 0. The number of aliphatic hydroxyl groups excluding tert-OH is 1. The van der Waals surface area contributed by atoms with Gasteiger partial charge in [0.15, 0.2) is 0 Å². The predicted molar refractivity (Wildman–Crippen MR) is 70.9 cm³/mol. The second-order valence-corrected chi connectivity index (χ2v) is 6.42. The molecule has 1 saturated heterocycles. The Kier molecular flexibility index (Phi) is 5.46. The van der Waals surface area contributed by atoms with Gasteiger partial charge >= 0.3 is 0 Å². The van der Waals surface area contributed by atoms with Gasteiger partial charge in [0, 0.05) is 12.1 Å². The molecular formula is C13H25NOS. The van der Waals surface area contributed by atoms with E-state index in [1.165, 1.54) is 56.5 Å². The van der Waals surface area contributed by atoms with Crippen LogP contribution in [0.4, 0.5) is 0 Å². The second kappa shape index (κ2) is 6.87. The molecule has 1 aliphatic heterocycles. The van der Waals surface area contributed by atoms with E-state index < -0.39 is 0 Å². The lowest BCUT2D eigenvalue weighted by molar-refractivity contribution is 0.190. The standard InChI is InChI=1S/C13H25NOS/c15-9-13(11-7-8-16-10-11)14-12-5-3-1-2-4-6-12/h11-15H,1-10H2. The Morgan fingerprint density at radius 2 is 1.88 bits per heavy atom. The topological polar surface area (TPSA) is 32.3 Å². The summed E-state index contributed by atoms with van der Waals surface area (Å²) in [6.45, 7) is 0.321. The maximum absolute atomic E-state index is 9.52. The fourth-order valence-electron chi connectivity index (χ4n) is 2.96. The molecule has 94 valence electrons. The molecule has 1 saturated carbocycles. The lowest BCUT2D eigenvalue weighted by Gasteiger charge is -2.27. The van der Waals surface area contributed by atoms with E-state index >= 15 is 0 Å². The normalized spacial score (nSPS) is 30.2. The molecule has 0 aromatic rings. The molecule has 2 rings (SSSR count). The van der Waals surface area contributed by atoms with Crippen molar-refractivity contribution in [3.63, 3.8) is 0 Å². The van der Waals surface area contributed by atoms with Crippen molar-refractivity contribution in [1.29, 1.82) is 0 Å². The smallest absolute Gasteiger partial charge is 0.0587 e. The molecule has 2 atom stereocenters. The Morgan fingerprint density at radius 3 is 2.44 bits per heavy atom. The highest BCUT2D eigenvalue weighted by Crippen LogP contribution is 2.27. The first kappa shape index (κ1) is 12.7. The minimum Gasteiger partial charge on any atom is -0.395 e. The van der Waals surface area contributed by atoms with E-state index in [2.05, 4.69) is 5.32 Å². The predicted octanol–water partition coefficient (Wildman–Crippen LogP) is 2.41. The third kappa shape index (κ3) is 3.64. The third-order valence-electron chi connectivity index (χ3n) is 4.04. The summed E-state index contributed by atoms with van der Waals surface area (Å²) >= 11 is 2.04. The molecule has 0 bridgehead atoms. The molecule has 0 radical (unpaired) electrons. The quantitative estimate of drug-likeness (QED) is 0.744. The summed E-state index contributed by atoms with van der Waals surface area (Å²) in [5.74, 6) is 3.23. The monoisotopic (exact) mass is 243 g/mol. The number of nitrogens with one attached hydrogen (secondary N) is 1. The van der Waals surface area contributed by atoms with E-state index in [1.807, 2.05) is 11.8 Å². The summed E-state index contributed by atoms with van der Waals surface area (Å²) in [6, 6.07) is 1.03. The summed E-state index contributed by atoms with van der Waals surface area (Å²) in [7, 11) is 0. The molecule has 0 aromatic heterocycles. The molecule has 1 heterocycles. The van der Waals surface area contributed by atoms with Crippen LogP contribution in [0.3, 0.4) is 0 Å². The zero-order chi connectivity index (χ0) is 11.2. The SMILES string of the molecule is OCC(NC1CCCCCC1)C1CCSC1. The molecule has 2 unspecified atom stereocenters. The van der Waals surface area contributed by atoms with Crippen LogP contribution >= 0.6 is 11.8 Å². The van der Waals surface area contributed by atoms with Gasteiger partial charge in [-0.1, -0.05) is 25.7 Å². The van der Waals surface area contributed by atoms with Gasteiger partial charge in [0.1, 0.15) is 0 Å². The van der Waals surface area contributed by atoms with Crippen LogP contribution in [-0.2, 0) is 0 Å². The van der Waals surface area contributed by atoms with E-state index in [1.54, 1.807) is 0 Å². The van der Waals surface area contributed by atoms with E-state index in [-0.39, 0.29) is 0 Å². The van der Waals surface area contributed by atoms with Gasteiger partial charge in [0.25, 0.3) is 0 Å². The van der Waals surface area contributed by atoms with Gasteiger partial charge in [-0.25, -0.2) is 0 Å². The van der Waals surface area contributed by atoms with Crippen LogP contribution in [0.15, 0.2) is 0 Å². The van der Waals surface area contributed by atoms with Crippen LogP contribution in [0, 0.1) is 5.92 Å². The van der Waals surface area contributed by atoms with Crippen molar-refractivity contribution in [2.45, 2.75) is 57.0 Å². The van der Waals surface area contributed by atoms with Gasteiger partial charge in [-0.3, -0.25) is 0 Å². The molecular weight excluding hydrogens is 218 g/mol. The fraction of sp³-hybridized carbons (Fsp3) is 1.00. The van der Waals surface area contributed by atoms with Crippen LogP contribution in [0.1, 0.15) is 44.9 Å². The van der Waals surface area contributed by atoms with Crippen LogP contribution in [0.5, 0.6) is 0 Å². The van der Waals surface area contributed by atoms with Crippen molar-refractivity contribution >= 4 is 11.8 Å². The van der Waals surface area contributed by atoms with Crippen molar-refractivity contribution < 1.29 is 5.11 Å². The highest BCUT2D eigenvalue weighted by molar-refractivity contribution is 7.99. The number of rotatable bonds is 4. The van der Waals surface area contributed by atoms with Gasteiger partial charge in [-0.2, -0.15) is 11.8 Å². The molecule has 16 heavy (non-hydrogen) atoms. The van der Waals surface area contributed by atoms with Gasteiger partial charge in [0.2, 0.25) is 0 Å². The van der Waals surface area contributed by atoms with Crippen LogP contribution < -0.4 is 5.32 Å². The van der Waals surface area contributed by atoms with Crippen LogP contribution in [-0.4, -0.2) is 35.3 Å². The van der Waals surface area contributed by atoms with E-state index in [4.69, 9.17) is 0 Å². The number of aliphatic hydroxyl groups is 1. The molecule has 3 heteroatoms.